The van der Waals surface area contributed by atoms with Gasteiger partial charge in [0.2, 0.25) is 0 Å². The summed E-state index contributed by atoms with van der Waals surface area (Å²) >= 11 is 0. The molecule has 94 valence electrons. The summed E-state index contributed by atoms with van der Waals surface area (Å²) in [5.41, 5.74) is 1.23. The number of rotatable bonds is 6. The maximum Gasteiger partial charge on any atom is 0.138 e. The summed E-state index contributed by atoms with van der Waals surface area (Å²) in [5.74, 6) is 0.386. The van der Waals surface area contributed by atoms with Crippen LogP contribution in [0.3, 0.4) is 0 Å². The molecule has 0 amide bonds. The molecule has 0 heterocycles. The van der Waals surface area contributed by atoms with Gasteiger partial charge in [0, 0.05) is 11.8 Å². The second kappa shape index (κ2) is 6.58. The molecule has 1 heteroatoms. The molecule has 0 N–H and O–H groups in total. The van der Waals surface area contributed by atoms with Crippen LogP contribution >= 0.6 is 0 Å². The second-order valence-electron chi connectivity index (χ2n) is 5.72. The molecule has 0 bridgehead atoms. The van der Waals surface area contributed by atoms with Gasteiger partial charge in [-0.3, -0.25) is 4.79 Å². The zero-order valence-electron chi connectivity index (χ0n) is 11.3. The SMILES string of the molecule is CC(C)(C)C(=O)CCCCCc1ccccc1. The molecule has 0 unspecified atom stereocenters. The van der Waals surface area contributed by atoms with Crippen LogP contribution in [0.15, 0.2) is 30.3 Å². The van der Waals surface area contributed by atoms with Gasteiger partial charge in [0.05, 0.1) is 0 Å². The molecule has 0 saturated heterocycles. The number of hydrogen-bond acceptors (Lipinski definition) is 1. The monoisotopic (exact) mass is 232 g/mol. The Morgan fingerprint density at radius 3 is 2.24 bits per heavy atom. The van der Waals surface area contributed by atoms with Crippen molar-refractivity contribution in [2.45, 2.75) is 52.9 Å². The van der Waals surface area contributed by atoms with E-state index >= 15 is 0 Å². The van der Waals surface area contributed by atoms with Gasteiger partial charge in [-0.1, -0.05) is 57.5 Å². The Morgan fingerprint density at radius 1 is 1.00 bits per heavy atom. The molecule has 0 radical (unpaired) electrons. The summed E-state index contributed by atoms with van der Waals surface area (Å²) in [4.78, 5) is 11.7. The van der Waals surface area contributed by atoms with Crippen LogP contribution in [0.2, 0.25) is 0 Å². The van der Waals surface area contributed by atoms with Crippen molar-refractivity contribution in [3.8, 4) is 0 Å². The summed E-state index contributed by atoms with van der Waals surface area (Å²) in [5, 5.41) is 0. The van der Waals surface area contributed by atoms with Gasteiger partial charge in [-0.15, -0.1) is 0 Å². The van der Waals surface area contributed by atoms with Crippen LogP contribution in [0.1, 0.15) is 52.0 Å². The number of carbonyl (C=O) groups is 1. The molecule has 17 heavy (non-hydrogen) atoms. The number of unbranched alkanes of at least 4 members (excludes halogenated alkanes) is 2. The van der Waals surface area contributed by atoms with E-state index in [4.69, 9.17) is 0 Å². The normalized spacial score (nSPS) is 11.5. The third-order valence-electron chi connectivity index (χ3n) is 3.05. The molecule has 1 rings (SSSR count). The molecule has 0 aliphatic heterocycles. The highest BCUT2D eigenvalue weighted by molar-refractivity contribution is 5.83. The van der Waals surface area contributed by atoms with Gasteiger partial charge in [0.25, 0.3) is 0 Å². The van der Waals surface area contributed by atoms with Crippen molar-refractivity contribution in [2.75, 3.05) is 0 Å². The van der Waals surface area contributed by atoms with E-state index in [1.54, 1.807) is 0 Å². The van der Waals surface area contributed by atoms with Crippen LogP contribution in [0.25, 0.3) is 0 Å². The standard InChI is InChI=1S/C16H24O/c1-16(2,3)15(17)13-9-5-8-12-14-10-6-4-7-11-14/h4,6-7,10-11H,5,8-9,12-13H2,1-3H3. The van der Waals surface area contributed by atoms with Crippen molar-refractivity contribution in [3.63, 3.8) is 0 Å². The fourth-order valence-electron chi connectivity index (χ4n) is 1.81. The quantitative estimate of drug-likeness (QED) is 0.664. The smallest absolute Gasteiger partial charge is 0.138 e. The minimum Gasteiger partial charge on any atom is -0.299 e. The van der Waals surface area contributed by atoms with E-state index in [0.717, 1.165) is 25.7 Å². The van der Waals surface area contributed by atoms with E-state index in [9.17, 15) is 4.79 Å². The van der Waals surface area contributed by atoms with Gasteiger partial charge in [0.15, 0.2) is 0 Å². The summed E-state index contributed by atoms with van der Waals surface area (Å²) in [7, 11) is 0. The maximum atomic E-state index is 11.7. The van der Waals surface area contributed by atoms with E-state index in [1.165, 1.54) is 12.0 Å². The largest absolute Gasteiger partial charge is 0.299 e. The molecule has 0 aliphatic carbocycles. The molecule has 0 aromatic heterocycles. The van der Waals surface area contributed by atoms with Crippen molar-refractivity contribution < 1.29 is 4.79 Å². The van der Waals surface area contributed by atoms with E-state index in [-0.39, 0.29) is 5.41 Å². The first-order valence-electron chi connectivity index (χ1n) is 6.57. The molecule has 0 atom stereocenters. The van der Waals surface area contributed by atoms with E-state index in [0.29, 0.717) is 5.78 Å². The molecule has 0 saturated carbocycles. The first kappa shape index (κ1) is 14.0. The van der Waals surface area contributed by atoms with E-state index in [2.05, 4.69) is 24.3 Å². The van der Waals surface area contributed by atoms with Gasteiger partial charge < -0.3 is 0 Å². The first-order valence-corrected chi connectivity index (χ1v) is 6.57. The van der Waals surface area contributed by atoms with Crippen molar-refractivity contribution in [3.05, 3.63) is 35.9 Å². The zero-order chi connectivity index (χ0) is 12.7. The first-order chi connectivity index (χ1) is 8.00. The summed E-state index contributed by atoms with van der Waals surface area (Å²) in [6.45, 7) is 6.00. The Hall–Kier alpha value is -1.11. The van der Waals surface area contributed by atoms with Crippen LogP contribution in [-0.4, -0.2) is 5.78 Å². The van der Waals surface area contributed by atoms with Crippen molar-refractivity contribution in [2.24, 2.45) is 5.41 Å². The minimum absolute atomic E-state index is 0.167. The number of Topliss-reactive ketones (excluding diaryl/α,β-unsaturated/α-hetero) is 1. The minimum atomic E-state index is -0.167. The Balaban J connectivity index is 2.12. The highest BCUT2D eigenvalue weighted by Gasteiger charge is 2.19. The van der Waals surface area contributed by atoms with Gasteiger partial charge >= 0.3 is 0 Å². The Labute approximate surface area is 105 Å². The highest BCUT2D eigenvalue weighted by atomic mass is 16.1. The molecule has 1 aromatic rings. The second-order valence-corrected chi connectivity index (χ2v) is 5.72. The van der Waals surface area contributed by atoms with Crippen LogP contribution in [0.4, 0.5) is 0 Å². The number of aryl methyl sites for hydroxylation is 1. The lowest BCUT2D eigenvalue weighted by Crippen LogP contribution is -2.19. The number of benzene rings is 1. The van der Waals surface area contributed by atoms with Crippen molar-refractivity contribution in [1.29, 1.82) is 0 Å². The number of hydrogen-bond donors (Lipinski definition) is 0. The number of carbonyl (C=O) groups excluding carboxylic acids is 1. The van der Waals surface area contributed by atoms with Gasteiger partial charge in [-0.05, 0) is 24.8 Å². The molecule has 0 spiro atoms. The Kier molecular flexibility index (Phi) is 5.40. The van der Waals surface area contributed by atoms with E-state index in [1.807, 2.05) is 26.8 Å². The fraction of sp³-hybridized carbons (Fsp3) is 0.562. The molecule has 0 fully saturated rings. The lowest BCUT2D eigenvalue weighted by atomic mass is 9.87. The molecular weight excluding hydrogens is 208 g/mol. The van der Waals surface area contributed by atoms with Gasteiger partial charge in [-0.2, -0.15) is 0 Å². The van der Waals surface area contributed by atoms with Crippen LogP contribution < -0.4 is 0 Å². The predicted molar refractivity (Wildman–Crippen MR) is 73.1 cm³/mol. The average Bonchev–Trinajstić information content (AvgIpc) is 2.28. The summed E-state index contributed by atoms with van der Waals surface area (Å²) in [6, 6.07) is 10.5. The topological polar surface area (TPSA) is 17.1 Å². The Bertz CT molecular complexity index is 332. The van der Waals surface area contributed by atoms with Crippen LogP contribution in [0.5, 0.6) is 0 Å². The van der Waals surface area contributed by atoms with Gasteiger partial charge in [-0.25, -0.2) is 0 Å². The third-order valence-corrected chi connectivity index (χ3v) is 3.05. The molecule has 0 aliphatic rings. The molecular formula is C16H24O. The highest BCUT2D eigenvalue weighted by Crippen LogP contribution is 2.18. The maximum absolute atomic E-state index is 11.7. The lowest BCUT2D eigenvalue weighted by Gasteiger charge is -2.16. The van der Waals surface area contributed by atoms with Crippen LogP contribution in [0, 0.1) is 5.41 Å². The molecule has 1 nitrogen and oxygen atoms in total. The van der Waals surface area contributed by atoms with E-state index < -0.39 is 0 Å². The third kappa shape index (κ3) is 5.67. The summed E-state index contributed by atoms with van der Waals surface area (Å²) in [6.07, 6.45) is 5.23. The predicted octanol–water partition coefficient (Wildman–Crippen LogP) is 4.40. The van der Waals surface area contributed by atoms with Crippen molar-refractivity contribution >= 4 is 5.78 Å². The number of ketones is 1. The summed E-state index contributed by atoms with van der Waals surface area (Å²) < 4.78 is 0. The van der Waals surface area contributed by atoms with Crippen molar-refractivity contribution in [1.82, 2.24) is 0 Å². The lowest BCUT2D eigenvalue weighted by molar-refractivity contribution is -0.126. The fourth-order valence-corrected chi connectivity index (χ4v) is 1.81. The van der Waals surface area contributed by atoms with Crippen LogP contribution in [-0.2, 0) is 11.2 Å². The Morgan fingerprint density at radius 2 is 1.65 bits per heavy atom. The average molecular weight is 232 g/mol. The molecule has 1 aromatic carbocycles. The zero-order valence-corrected chi connectivity index (χ0v) is 11.3. The van der Waals surface area contributed by atoms with Gasteiger partial charge in [0.1, 0.15) is 5.78 Å².